The SMILES string of the molecule is NC(=O)C(O)(c1ccccc1)c1ccc(I)cc1. The van der Waals surface area contributed by atoms with E-state index in [4.69, 9.17) is 5.73 Å². The smallest absolute Gasteiger partial charge is 0.258 e. The molecule has 4 heteroatoms. The molecule has 2 aromatic rings. The quantitative estimate of drug-likeness (QED) is 0.830. The molecule has 0 fully saturated rings. The zero-order valence-corrected chi connectivity index (χ0v) is 11.7. The Morgan fingerprint density at radius 3 is 2.00 bits per heavy atom. The van der Waals surface area contributed by atoms with Crippen molar-refractivity contribution in [1.29, 1.82) is 0 Å². The number of primary amides is 1. The van der Waals surface area contributed by atoms with Crippen molar-refractivity contribution < 1.29 is 9.90 Å². The van der Waals surface area contributed by atoms with Crippen molar-refractivity contribution in [2.45, 2.75) is 5.60 Å². The molecule has 18 heavy (non-hydrogen) atoms. The summed E-state index contributed by atoms with van der Waals surface area (Å²) in [5, 5.41) is 10.6. The van der Waals surface area contributed by atoms with Crippen LogP contribution >= 0.6 is 22.6 Å². The van der Waals surface area contributed by atoms with Crippen molar-refractivity contribution in [3.05, 3.63) is 69.3 Å². The van der Waals surface area contributed by atoms with Crippen molar-refractivity contribution in [3.8, 4) is 0 Å². The molecular weight excluding hydrogens is 341 g/mol. The number of carbonyl (C=O) groups excluding carboxylic acids is 1. The maximum absolute atomic E-state index is 11.7. The number of hydrogen-bond donors (Lipinski definition) is 2. The van der Waals surface area contributed by atoms with Crippen molar-refractivity contribution in [2.24, 2.45) is 5.73 Å². The molecule has 0 heterocycles. The molecule has 1 amide bonds. The molecule has 0 saturated carbocycles. The minimum Gasteiger partial charge on any atom is -0.372 e. The minimum absolute atomic E-state index is 0.471. The first-order valence-electron chi connectivity index (χ1n) is 5.39. The maximum Gasteiger partial charge on any atom is 0.258 e. The van der Waals surface area contributed by atoms with E-state index in [0.717, 1.165) is 3.57 Å². The highest BCUT2D eigenvalue weighted by atomic mass is 127. The fourth-order valence-electron chi connectivity index (χ4n) is 1.82. The molecule has 0 aliphatic carbocycles. The van der Waals surface area contributed by atoms with Gasteiger partial charge in [0.15, 0.2) is 5.60 Å². The van der Waals surface area contributed by atoms with Gasteiger partial charge in [-0.1, -0.05) is 42.5 Å². The lowest BCUT2D eigenvalue weighted by atomic mass is 9.86. The van der Waals surface area contributed by atoms with Gasteiger partial charge in [-0.25, -0.2) is 0 Å². The van der Waals surface area contributed by atoms with Crippen LogP contribution in [0.2, 0.25) is 0 Å². The topological polar surface area (TPSA) is 63.3 Å². The summed E-state index contributed by atoms with van der Waals surface area (Å²) in [5.74, 6) is -0.782. The molecule has 0 aliphatic heterocycles. The van der Waals surface area contributed by atoms with Crippen LogP contribution in [0, 0.1) is 3.57 Å². The maximum atomic E-state index is 11.7. The van der Waals surface area contributed by atoms with E-state index in [2.05, 4.69) is 22.6 Å². The molecule has 2 rings (SSSR count). The summed E-state index contributed by atoms with van der Waals surface area (Å²) in [6.45, 7) is 0. The molecule has 0 saturated heterocycles. The van der Waals surface area contributed by atoms with E-state index in [1.807, 2.05) is 18.2 Å². The summed E-state index contributed by atoms with van der Waals surface area (Å²) in [7, 11) is 0. The van der Waals surface area contributed by atoms with Gasteiger partial charge in [-0.05, 0) is 45.9 Å². The van der Waals surface area contributed by atoms with Crippen molar-refractivity contribution in [2.75, 3.05) is 0 Å². The lowest BCUT2D eigenvalue weighted by Gasteiger charge is -2.25. The molecule has 0 radical (unpaired) electrons. The minimum atomic E-state index is -1.79. The van der Waals surface area contributed by atoms with E-state index in [1.165, 1.54) is 0 Å². The normalized spacial score (nSPS) is 13.9. The van der Waals surface area contributed by atoms with Gasteiger partial charge in [0.1, 0.15) is 0 Å². The van der Waals surface area contributed by atoms with Gasteiger partial charge in [-0.15, -0.1) is 0 Å². The lowest BCUT2D eigenvalue weighted by molar-refractivity contribution is -0.133. The second-order valence-electron chi connectivity index (χ2n) is 3.95. The highest BCUT2D eigenvalue weighted by Crippen LogP contribution is 2.29. The van der Waals surface area contributed by atoms with E-state index in [1.54, 1.807) is 36.4 Å². The second kappa shape index (κ2) is 5.07. The molecule has 0 bridgehead atoms. The highest BCUT2D eigenvalue weighted by Gasteiger charge is 2.37. The predicted molar refractivity (Wildman–Crippen MR) is 77.8 cm³/mol. The van der Waals surface area contributed by atoms with Crippen LogP contribution in [0.15, 0.2) is 54.6 Å². The zero-order chi connectivity index (χ0) is 13.2. The van der Waals surface area contributed by atoms with Gasteiger partial charge in [0.2, 0.25) is 0 Å². The summed E-state index contributed by atoms with van der Waals surface area (Å²) in [4.78, 5) is 11.7. The summed E-state index contributed by atoms with van der Waals surface area (Å²) < 4.78 is 1.02. The van der Waals surface area contributed by atoms with Gasteiger partial charge < -0.3 is 10.8 Å². The van der Waals surface area contributed by atoms with Crippen LogP contribution in [0.3, 0.4) is 0 Å². The molecule has 0 spiro atoms. The number of halogens is 1. The number of aliphatic hydroxyl groups is 1. The van der Waals surface area contributed by atoms with Gasteiger partial charge in [-0.2, -0.15) is 0 Å². The molecule has 1 unspecified atom stereocenters. The Morgan fingerprint density at radius 1 is 1.00 bits per heavy atom. The number of hydrogen-bond acceptors (Lipinski definition) is 2. The van der Waals surface area contributed by atoms with Crippen molar-refractivity contribution in [1.82, 2.24) is 0 Å². The van der Waals surface area contributed by atoms with Crippen LogP contribution in [0.25, 0.3) is 0 Å². The van der Waals surface area contributed by atoms with Gasteiger partial charge in [0.25, 0.3) is 5.91 Å². The number of carbonyl (C=O) groups is 1. The standard InChI is InChI=1S/C14H12INO2/c15-12-8-6-11(7-9-12)14(18,13(16)17)10-4-2-1-3-5-10/h1-9,18H,(H2,16,17). The van der Waals surface area contributed by atoms with Crippen molar-refractivity contribution in [3.63, 3.8) is 0 Å². The fourth-order valence-corrected chi connectivity index (χ4v) is 2.18. The predicted octanol–water partition coefficient (Wildman–Crippen LogP) is 2.01. The Bertz CT molecular complexity index is 554. The summed E-state index contributed by atoms with van der Waals surface area (Å²) in [6.07, 6.45) is 0. The Balaban J connectivity index is 2.58. The van der Waals surface area contributed by atoms with E-state index >= 15 is 0 Å². The molecule has 92 valence electrons. The molecule has 3 N–H and O–H groups in total. The van der Waals surface area contributed by atoms with Crippen LogP contribution in [-0.2, 0) is 10.4 Å². The Morgan fingerprint density at radius 2 is 1.50 bits per heavy atom. The average Bonchev–Trinajstić information content (AvgIpc) is 2.39. The van der Waals surface area contributed by atoms with Crippen LogP contribution in [0.4, 0.5) is 0 Å². The molecule has 1 atom stereocenters. The Labute approximate surface area is 119 Å². The van der Waals surface area contributed by atoms with E-state index < -0.39 is 11.5 Å². The summed E-state index contributed by atoms with van der Waals surface area (Å²) >= 11 is 2.16. The van der Waals surface area contributed by atoms with Gasteiger partial charge in [-0.3, -0.25) is 4.79 Å². The lowest BCUT2D eigenvalue weighted by Crippen LogP contribution is -2.42. The second-order valence-corrected chi connectivity index (χ2v) is 5.19. The van der Waals surface area contributed by atoms with Crippen LogP contribution in [-0.4, -0.2) is 11.0 Å². The Hall–Kier alpha value is -1.40. The van der Waals surface area contributed by atoms with Crippen LogP contribution in [0.5, 0.6) is 0 Å². The average molecular weight is 353 g/mol. The largest absolute Gasteiger partial charge is 0.372 e. The van der Waals surface area contributed by atoms with Gasteiger partial charge in [0.05, 0.1) is 0 Å². The number of rotatable bonds is 3. The Kier molecular flexibility index (Phi) is 3.68. The summed E-state index contributed by atoms with van der Waals surface area (Å²) in [6, 6.07) is 15.8. The number of benzene rings is 2. The third-order valence-electron chi connectivity index (χ3n) is 2.81. The van der Waals surface area contributed by atoms with E-state index in [9.17, 15) is 9.90 Å². The van der Waals surface area contributed by atoms with Crippen LogP contribution < -0.4 is 5.73 Å². The third kappa shape index (κ3) is 2.26. The fraction of sp³-hybridized carbons (Fsp3) is 0.0714. The zero-order valence-electron chi connectivity index (χ0n) is 9.51. The molecule has 2 aromatic carbocycles. The van der Waals surface area contributed by atoms with Gasteiger partial charge >= 0.3 is 0 Å². The van der Waals surface area contributed by atoms with E-state index in [-0.39, 0.29) is 0 Å². The first-order valence-corrected chi connectivity index (χ1v) is 6.47. The van der Waals surface area contributed by atoms with E-state index in [0.29, 0.717) is 11.1 Å². The summed E-state index contributed by atoms with van der Waals surface area (Å²) in [5.41, 5.74) is 4.54. The monoisotopic (exact) mass is 353 g/mol. The molecule has 0 aliphatic rings. The molecular formula is C14H12INO2. The first-order chi connectivity index (χ1) is 8.55. The number of nitrogens with two attached hydrogens (primary N) is 1. The highest BCUT2D eigenvalue weighted by molar-refractivity contribution is 14.1. The van der Waals surface area contributed by atoms with Crippen LogP contribution in [0.1, 0.15) is 11.1 Å². The third-order valence-corrected chi connectivity index (χ3v) is 3.53. The first kappa shape index (κ1) is 13.0. The molecule has 0 aromatic heterocycles. The molecule has 3 nitrogen and oxygen atoms in total. The number of amides is 1. The van der Waals surface area contributed by atoms with Crippen molar-refractivity contribution >= 4 is 28.5 Å². The van der Waals surface area contributed by atoms with Gasteiger partial charge in [0, 0.05) is 3.57 Å².